The van der Waals surface area contributed by atoms with Crippen molar-refractivity contribution in [1.82, 2.24) is 0 Å². The van der Waals surface area contributed by atoms with Gasteiger partial charge in [0.1, 0.15) is 0 Å². The molecule has 0 saturated heterocycles. The molecular formula is C30H51Cl2Zr-3. The van der Waals surface area contributed by atoms with Gasteiger partial charge in [-0.25, -0.2) is 24.3 Å². The number of halogens is 2. The summed E-state index contributed by atoms with van der Waals surface area (Å²) >= 11 is 0. The van der Waals surface area contributed by atoms with Crippen molar-refractivity contribution < 1.29 is 51.0 Å². The van der Waals surface area contributed by atoms with Crippen molar-refractivity contribution in [3.05, 3.63) is 65.6 Å². The quantitative estimate of drug-likeness (QED) is 0.329. The van der Waals surface area contributed by atoms with E-state index in [1.807, 2.05) is 0 Å². The molecule has 0 heterocycles. The van der Waals surface area contributed by atoms with Gasteiger partial charge in [-0.2, -0.15) is 55.7 Å². The summed E-state index contributed by atoms with van der Waals surface area (Å²) < 4.78 is 0. The Balaban J connectivity index is -0.000000185. The second-order valence-electron chi connectivity index (χ2n) is 10.9. The summed E-state index contributed by atoms with van der Waals surface area (Å²) in [4.78, 5) is 0. The third-order valence-corrected chi connectivity index (χ3v) is 5.34. The van der Waals surface area contributed by atoms with Crippen LogP contribution in [0.2, 0.25) is 0 Å². The van der Waals surface area contributed by atoms with Crippen LogP contribution in [0.5, 0.6) is 0 Å². The summed E-state index contributed by atoms with van der Waals surface area (Å²) in [5.41, 5.74) is 3.48. The minimum atomic E-state index is 0. The molecule has 192 valence electrons. The monoisotopic (exact) mass is 571 g/mol. The Morgan fingerprint density at radius 3 is 1.12 bits per heavy atom. The van der Waals surface area contributed by atoms with Gasteiger partial charge in [-0.05, 0) is 0 Å². The Labute approximate surface area is 239 Å². The minimum absolute atomic E-state index is 0. The van der Waals surface area contributed by atoms with Crippen LogP contribution in [0.3, 0.4) is 0 Å². The largest absolute Gasteiger partial charge is 2.00 e. The van der Waals surface area contributed by atoms with Crippen molar-refractivity contribution in [3.8, 4) is 0 Å². The number of hydrogen-bond acceptors (Lipinski definition) is 0. The predicted octanol–water partition coefficient (Wildman–Crippen LogP) is 4.15. The van der Waals surface area contributed by atoms with E-state index < -0.39 is 0 Å². The molecule has 0 aliphatic heterocycles. The van der Waals surface area contributed by atoms with Gasteiger partial charge < -0.3 is 30.7 Å². The van der Waals surface area contributed by atoms with Gasteiger partial charge in [0, 0.05) is 0 Å². The fourth-order valence-corrected chi connectivity index (χ4v) is 3.18. The first-order valence-electron chi connectivity index (χ1n) is 12.2. The molecule has 0 bridgehead atoms. The minimum Gasteiger partial charge on any atom is -1.00 e. The molecule has 0 amide bonds. The second kappa shape index (κ2) is 22.6. The average Bonchev–Trinajstić information content (AvgIpc) is 3.34. The fourth-order valence-electron chi connectivity index (χ4n) is 3.18. The van der Waals surface area contributed by atoms with Crippen molar-refractivity contribution in [3.63, 3.8) is 0 Å². The maximum Gasteiger partial charge on any atom is 2.00 e. The standard InChI is InChI=1S/C12H25.2C9H13.2ClH.Zr/c1-4-5-6-7-8-9-10-11-12(2)3;2*1-9(2,3)8-6-4-5-7-8;;;/h4-11H2,1-3H3;2*4-7H,1-3H3;2*1H;/q3*-1;;;+2/p-2. The smallest absolute Gasteiger partial charge is 1.00 e. The molecule has 0 aliphatic carbocycles. The zero-order chi connectivity index (χ0) is 23.0. The molecule has 0 spiro atoms. The molecule has 3 heteroatoms. The Hall–Kier alpha value is 0.163. The number of hydrogen-bond donors (Lipinski definition) is 0. The summed E-state index contributed by atoms with van der Waals surface area (Å²) in [7, 11) is 0. The first kappa shape index (κ1) is 40.3. The van der Waals surface area contributed by atoms with E-state index >= 15 is 0 Å². The third kappa shape index (κ3) is 23.7. The normalized spacial score (nSPS) is 10.5. The summed E-state index contributed by atoms with van der Waals surface area (Å²) in [6, 6.07) is 17.0. The van der Waals surface area contributed by atoms with Crippen LogP contribution in [-0.4, -0.2) is 0 Å². The zero-order valence-corrected chi connectivity index (χ0v) is 27.0. The summed E-state index contributed by atoms with van der Waals surface area (Å²) in [6.45, 7) is 20.1. The SMILES string of the molecule is CC(C)(C)[c-]1cccc1.CC(C)(C)[c-]1cccc1.CCCCCCCCC[C-](C)C.[Cl-].[Cl-].[Zr+2]. The second-order valence-corrected chi connectivity index (χ2v) is 10.9. The van der Waals surface area contributed by atoms with Crippen molar-refractivity contribution in [2.45, 2.75) is 125 Å². The summed E-state index contributed by atoms with van der Waals surface area (Å²) in [5, 5.41) is 0. The molecule has 0 N–H and O–H groups in total. The van der Waals surface area contributed by atoms with E-state index in [-0.39, 0.29) is 51.0 Å². The van der Waals surface area contributed by atoms with Gasteiger partial charge in [0.05, 0.1) is 0 Å². The Morgan fingerprint density at radius 2 is 0.879 bits per heavy atom. The maximum absolute atomic E-state index is 2.27. The van der Waals surface area contributed by atoms with Crippen molar-refractivity contribution in [2.24, 2.45) is 0 Å². The van der Waals surface area contributed by atoms with Crippen LogP contribution >= 0.6 is 0 Å². The molecule has 0 aromatic heterocycles. The van der Waals surface area contributed by atoms with Gasteiger partial charge in [-0.15, -0.1) is 0 Å². The molecule has 33 heavy (non-hydrogen) atoms. The van der Waals surface area contributed by atoms with E-state index in [1.54, 1.807) is 5.92 Å². The van der Waals surface area contributed by atoms with E-state index in [4.69, 9.17) is 0 Å². The van der Waals surface area contributed by atoms with E-state index in [1.165, 1.54) is 62.5 Å². The van der Waals surface area contributed by atoms with E-state index in [2.05, 4.69) is 111 Å². The van der Waals surface area contributed by atoms with Gasteiger partial charge >= 0.3 is 26.2 Å². The van der Waals surface area contributed by atoms with Gasteiger partial charge in [-0.1, -0.05) is 104 Å². The molecule has 0 radical (unpaired) electrons. The van der Waals surface area contributed by atoms with Crippen LogP contribution in [-0.2, 0) is 37.0 Å². The maximum atomic E-state index is 2.27. The number of rotatable bonds is 8. The van der Waals surface area contributed by atoms with Crippen molar-refractivity contribution in [1.29, 1.82) is 0 Å². The molecule has 0 aliphatic rings. The van der Waals surface area contributed by atoms with Crippen LogP contribution in [0.1, 0.15) is 125 Å². The number of unbranched alkanes of at least 4 members (excludes halogenated alkanes) is 6. The first-order chi connectivity index (χ1) is 14.0. The molecule has 0 fully saturated rings. The van der Waals surface area contributed by atoms with Crippen LogP contribution in [0.4, 0.5) is 0 Å². The van der Waals surface area contributed by atoms with Crippen LogP contribution in [0.15, 0.2) is 48.5 Å². The molecule has 2 aromatic carbocycles. The van der Waals surface area contributed by atoms with Crippen molar-refractivity contribution >= 4 is 0 Å². The van der Waals surface area contributed by atoms with Gasteiger partial charge in [0.2, 0.25) is 0 Å². The van der Waals surface area contributed by atoms with E-state index in [0.29, 0.717) is 10.8 Å². The Kier molecular flexibility index (Phi) is 27.6. The Bertz CT molecular complexity index is 540. The Morgan fingerprint density at radius 1 is 0.576 bits per heavy atom. The molecule has 2 rings (SSSR count). The topological polar surface area (TPSA) is 0 Å². The average molecular weight is 574 g/mol. The molecular weight excluding hydrogens is 522 g/mol. The van der Waals surface area contributed by atoms with Crippen LogP contribution in [0.25, 0.3) is 0 Å². The van der Waals surface area contributed by atoms with Crippen LogP contribution < -0.4 is 24.8 Å². The van der Waals surface area contributed by atoms with Gasteiger partial charge in [0.25, 0.3) is 0 Å². The summed E-state index contributed by atoms with van der Waals surface area (Å²) in [5.74, 6) is 1.59. The van der Waals surface area contributed by atoms with Crippen LogP contribution in [0, 0.1) is 5.92 Å². The van der Waals surface area contributed by atoms with Gasteiger partial charge in [0.15, 0.2) is 0 Å². The third-order valence-electron chi connectivity index (χ3n) is 5.34. The molecule has 2 aromatic rings. The fraction of sp³-hybridized carbons (Fsp3) is 0.633. The van der Waals surface area contributed by atoms with Gasteiger partial charge in [-0.3, -0.25) is 0 Å². The molecule has 0 atom stereocenters. The zero-order valence-electron chi connectivity index (χ0n) is 23.0. The first-order valence-corrected chi connectivity index (χ1v) is 12.2. The van der Waals surface area contributed by atoms with E-state index in [9.17, 15) is 0 Å². The van der Waals surface area contributed by atoms with E-state index in [0.717, 1.165) is 0 Å². The van der Waals surface area contributed by atoms with Crippen molar-refractivity contribution in [2.75, 3.05) is 0 Å². The predicted molar refractivity (Wildman–Crippen MR) is 139 cm³/mol. The molecule has 0 unspecified atom stereocenters. The molecule has 0 saturated carbocycles. The summed E-state index contributed by atoms with van der Waals surface area (Å²) in [6.07, 6.45) is 11.3. The molecule has 0 nitrogen and oxygen atoms in total.